The van der Waals surface area contributed by atoms with E-state index in [4.69, 9.17) is 14.7 Å². The van der Waals surface area contributed by atoms with Crippen molar-refractivity contribution >= 4 is 16.7 Å². The summed E-state index contributed by atoms with van der Waals surface area (Å²) in [6.07, 6.45) is 1.14. The van der Waals surface area contributed by atoms with Gasteiger partial charge in [0.05, 0.1) is 22.6 Å². The summed E-state index contributed by atoms with van der Waals surface area (Å²) in [5.74, 6) is -0.0430. The van der Waals surface area contributed by atoms with Crippen molar-refractivity contribution in [1.82, 2.24) is 15.1 Å². The van der Waals surface area contributed by atoms with Gasteiger partial charge in [-0.05, 0) is 48.5 Å². The monoisotopic (exact) mass is 498 g/mol. The van der Waals surface area contributed by atoms with E-state index >= 15 is 0 Å². The van der Waals surface area contributed by atoms with Crippen molar-refractivity contribution in [2.45, 2.75) is 25.6 Å². The number of aromatic nitrogens is 2. The van der Waals surface area contributed by atoms with Crippen LogP contribution in [-0.2, 0) is 6.61 Å². The summed E-state index contributed by atoms with van der Waals surface area (Å²) in [6.45, 7) is 0.893. The molecule has 0 bridgehead atoms. The molecular weight excluding hydrogens is 475 g/mol. The largest absolute Gasteiger partial charge is 0.490 e. The summed E-state index contributed by atoms with van der Waals surface area (Å²) in [5.41, 5.74) is 0.726. The van der Waals surface area contributed by atoms with E-state index in [-0.39, 0.29) is 23.8 Å². The van der Waals surface area contributed by atoms with Gasteiger partial charge in [-0.1, -0.05) is 18.2 Å². The molecule has 1 amide bonds. The number of hydrogen-bond donors (Lipinski definition) is 1. The number of ether oxygens (including phenoxy) is 2. The van der Waals surface area contributed by atoms with Crippen molar-refractivity contribution in [3.05, 3.63) is 99.7 Å². The van der Waals surface area contributed by atoms with Gasteiger partial charge in [-0.2, -0.15) is 10.4 Å². The molecule has 0 atom stereocenters. The van der Waals surface area contributed by atoms with Gasteiger partial charge in [-0.3, -0.25) is 9.59 Å². The third-order valence-corrected chi connectivity index (χ3v) is 6.33. The average molecular weight is 499 g/mol. The second-order valence-electron chi connectivity index (χ2n) is 8.72. The van der Waals surface area contributed by atoms with Crippen LogP contribution in [0.2, 0.25) is 0 Å². The number of carbonyl (C=O) groups excluding carboxylic acids is 1. The number of carbonyl (C=O) groups is 1. The first-order chi connectivity index (χ1) is 18.0. The molecular formula is C28H23FN4O4. The summed E-state index contributed by atoms with van der Waals surface area (Å²) >= 11 is 0. The molecule has 1 aliphatic rings. The lowest BCUT2D eigenvalue weighted by atomic mass is 10.1. The normalized spacial score (nSPS) is 13.8. The maximum Gasteiger partial charge on any atom is 0.272 e. The van der Waals surface area contributed by atoms with Gasteiger partial charge >= 0.3 is 0 Å². The molecule has 37 heavy (non-hydrogen) atoms. The summed E-state index contributed by atoms with van der Waals surface area (Å²) in [4.78, 5) is 26.7. The Morgan fingerprint density at radius 3 is 2.49 bits per heavy atom. The topological polar surface area (TPSA) is 108 Å². The van der Waals surface area contributed by atoms with E-state index in [1.165, 1.54) is 18.2 Å². The molecule has 186 valence electrons. The predicted molar refractivity (Wildman–Crippen MR) is 134 cm³/mol. The maximum atomic E-state index is 14.6. The molecule has 0 unspecified atom stereocenters. The molecule has 4 aromatic rings. The van der Waals surface area contributed by atoms with Gasteiger partial charge in [-0.15, -0.1) is 0 Å². The SMILES string of the molecule is N#Cc1ccc(OC2CCN(C(=O)c3cc(OCc4n[nH]c(=O)c5ccccc45)ccc3F)CC2)cc1. The van der Waals surface area contributed by atoms with Crippen LogP contribution in [0.1, 0.15) is 34.5 Å². The van der Waals surface area contributed by atoms with Crippen LogP contribution in [0.5, 0.6) is 11.5 Å². The van der Waals surface area contributed by atoms with Crippen LogP contribution >= 0.6 is 0 Å². The van der Waals surface area contributed by atoms with Gasteiger partial charge in [0.1, 0.15) is 35.7 Å². The fourth-order valence-electron chi connectivity index (χ4n) is 4.34. The third kappa shape index (κ3) is 5.28. The zero-order chi connectivity index (χ0) is 25.8. The molecule has 1 N–H and O–H groups in total. The number of halogens is 1. The van der Waals surface area contributed by atoms with Gasteiger partial charge < -0.3 is 14.4 Å². The second kappa shape index (κ2) is 10.5. The van der Waals surface area contributed by atoms with Crippen molar-refractivity contribution in [2.75, 3.05) is 13.1 Å². The Hall–Kier alpha value is -4.71. The lowest BCUT2D eigenvalue weighted by Crippen LogP contribution is -2.42. The lowest BCUT2D eigenvalue weighted by molar-refractivity contribution is 0.0591. The van der Waals surface area contributed by atoms with Crippen LogP contribution in [0.4, 0.5) is 4.39 Å². The summed E-state index contributed by atoms with van der Waals surface area (Å²) in [7, 11) is 0. The van der Waals surface area contributed by atoms with Crippen LogP contribution in [0.3, 0.4) is 0 Å². The smallest absolute Gasteiger partial charge is 0.272 e. The van der Waals surface area contributed by atoms with E-state index in [0.29, 0.717) is 59.5 Å². The van der Waals surface area contributed by atoms with Crippen molar-refractivity contribution in [1.29, 1.82) is 5.26 Å². The highest BCUT2D eigenvalue weighted by atomic mass is 19.1. The summed E-state index contributed by atoms with van der Waals surface area (Å²) < 4.78 is 26.4. The molecule has 1 fully saturated rings. The van der Waals surface area contributed by atoms with E-state index in [1.54, 1.807) is 53.4 Å². The molecule has 0 saturated carbocycles. The van der Waals surface area contributed by atoms with E-state index in [0.717, 1.165) is 0 Å². The highest BCUT2D eigenvalue weighted by molar-refractivity contribution is 5.95. The number of hydrogen-bond acceptors (Lipinski definition) is 6. The molecule has 2 heterocycles. The number of fused-ring (bicyclic) bond motifs is 1. The number of benzene rings is 3. The number of amides is 1. The summed E-state index contributed by atoms with van der Waals surface area (Å²) in [6, 6.07) is 20.1. The van der Waals surface area contributed by atoms with E-state index < -0.39 is 11.7 Å². The van der Waals surface area contributed by atoms with Gasteiger partial charge in [0.25, 0.3) is 11.5 Å². The Bertz CT molecular complexity index is 1540. The Kier molecular flexibility index (Phi) is 6.81. The molecule has 1 saturated heterocycles. The third-order valence-electron chi connectivity index (χ3n) is 6.33. The van der Waals surface area contributed by atoms with Crippen LogP contribution < -0.4 is 15.0 Å². The molecule has 0 aliphatic carbocycles. The zero-order valence-electron chi connectivity index (χ0n) is 19.8. The molecule has 9 heteroatoms. The first-order valence-corrected chi connectivity index (χ1v) is 11.9. The molecule has 1 aromatic heterocycles. The molecule has 3 aromatic carbocycles. The standard InChI is InChI=1S/C28H23FN4O4/c29-25-10-9-21(36-17-26-22-3-1-2-4-23(22)27(34)32-31-26)15-24(25)28(35)33-13-11-20(12-14-33)37-19-7-5-18(16-30)6-8-19/h1-10,15,20H,11-14,17H2,(H,32,34). The first kappa shape index (κ1) is 24.0. The van der Waals surface area contributed by atoms with Gasteiger partial charge in [0.15, 0.2) is 0 Å². The number of H-pyrrole nitrogens is 1. The van der Waals surface area contributed by atoms with Crippen LogP contribution in [-0.4, -0.2) is 40.2 Å². The number of aromatic amines is 1. The van der Waals surface area contributed by atoms with E-state index in [9.17, 15) is 14.0 Å². The first-order valence-electron chi connectivity index (χ1n) is 11.9. The van der Waals surface area contributed by atoms with Crippen molar-refractivity contribution < 1.29 is 18.7 Å². The fourth-order valence-corrected chi connectivity index (χ4v) is 4.34. The molecule has 1 aliphatic heterocycles. The molecule has 5 rings (SSSR count). The fraction of sp³-hybridized carbons (Fsp3) is 0.214. The number of nitrogens with one attached hydrogen (secondary N) is 1. The Morgan fingerprint density at radius 2 is 1.76 bits per heavy atom. The number of likely N-dealkylation sites (tertiary alicyclic amines) is 1. The van der Waals surface area contributed by atoms with Gasteiger partial charge in [0, 0.05) is 31.3 Å². The van der Waals surface area contributed by atoms with E-state index in [2.05, 4.69) is 16.3 Å². The minimum absolute atomic E-state index is 0.0363. The minimum atomic E-state index is -0.624. The number of nitrogens with zero attached hydrogens (tertiary/aromatic N) is 3. The Balaban J connectivity index is 1.22. The Labute approximate surface area is 211 Å². The average Bonchev–Trinajstić information content (AvgIpc) is 2.94. The highest BCUT2D eigenvalue weighted by Crippen LogP contribution is 2.24. The number of piperidine rings is 1. The summed E-state index contributed by atoms with van der Waals surface area (Å²) in [5, 5.41) is 16.6. The van der Waals surface area contributed by atoms with Crippen molar-refractivity contribution in [2.24, 2.45) is 0 Å². The van der Waals surface area contributed by atoms with Crippen molar-refractivity contribution in [3.8, 4) is 17.6 Å². The molecule has 0 radical (unpaired) electrons. The highest BCUT2D eigenvalue weighted by Gasteiger charge is 2.26. The van der Waals surface area contributed by atoms with Crippen LogP contribution in [0.15, 0.2) is 71.5 Å². The predicted octanol–water partition coefficient (Wildman–Crippen LogP) is 4.20. The second-order valence-corrected chi connectivity index (χ2v) is 8.72. The number of nitriles is 1. The minimum Gasteiger partial charge on any atom is -0.490 e. The van der Waals surface area contributed by atoms with Gasteiger partial charge in [0.2, 0.25) is 0 Å². The number of rotatable bonds is 6. The quantitative estimate of drug-likeness (QED) is 0.427. The van der Waals surface area contributed by atoms with Crippen LogP contribution in [0.25, 0.3) is 10.8 Å². The Morgan fingerprint density at radius 1 is 1.05 bits per heavy atom. The zero-order valence-corrected chi connectivity index (χ0v) is 19.8. The van der Waals surface area contributed by atoms with E-state index in [1.807, 2.05) is 0 Å². The maximum absolute atomic E-state index is 14.6. The van der Waals surface area contributed by atoms with Gasteiger partial charge in [-0.25, -0.2) is 9.49 Å². The molecule has 8 nitrogen and oxygen atoms in total. The van der Waals surface area contributed by atoms with Crippen LogP contribution in [0, 0.1) is 17.1 Å². The van der Waals surface area contributed by atoms with Crippen molar-refractivity contribution in [3.63, 3.8) is 0 Å². The lowest BCUT2D eigenvalue weighted by Gasteiger charge is -2.32. The molecule has 0 spiro atoms.